The summed E-state index contributed by atoms with van der Waals surface area (Å²) in [6, 6.07) is 7.01. The van der Waals surface area contributed by atoms with Crippen molar-refractivity contribution in [3.05, 3.63) is 47.3 Å². The van der Waals surface area contributed by atoms with E-state index >= 15 is 0 Å². The minimum Gasteiger partial charge on any atom is -0.477 e. The van der Waals surface area contributed by atoms with Gasteiger partial charge in [-0.3, -0.25) is 0 Å². The number of pyridine rings is 1. The Balaban J connectivity index is 1.65. The summed E-state index contributed by atoms with van der Waals surface area (Å²) >= 11 is 1.50. The number of thiophene rings is 1. The molecule has 0 radical (unpaired) electrons. The van der Waals surface area contributed by atoms with Gasteiger partial charge in [0.25, 0.3) is 5.89 Å². The molecule has 0 aromatic carbocycles. The summed E-state index contributed by atoms with van der Waals surface area (Å²) in [5.74, 6) is 0.383. The van der Waals surface area contributed by atoms with Gasteiger partial charge in [-0.2, -0.15) is 4.98 Å². The summed E-state index contributed by atoms with van der Waals surface area (Å²) in [4.78, 5) is 21.2. The number of ether oxygens (including phenoxy) is 2. The molecule has 118 valence electrons. The number of carbonyl (C=O) groups excluding carboxylic acids is 1. The average molecular weight is 331 g/mol. The van der Waals surface area contributed by atoms with E-state index in [-0.39, 0.29) is 23.9 Å². The first-order chi connectivity index (χ1) is 11.3. The zero-order chi connectivity index (χ0) is 16.1. The quantitative estimate of drug-likeness (QED) is 0.642. The lowest BCUT2D eigenvalue weighted by atomic mass is 10.3. The molecule has 3 aromatic rings. The molecule has 0 aliphatic carbocycles. The number of aromatic nitrogens is 3. The molecular formula is C15H13N3O4S. The van der Waals surface area contributed by atoms with Crippen LogP contribution in [0.25, 0.3) is 10.7 Å². The van der Waals surface area contributed by atoms with Crippen molar-refractivity contribution in [3.8, 4) is 16.6 Å². The van der Waals surface area contributed by atoms with Crippen LogP contribution in [0.4, 0.5) is 0 Å². The van der Waals surface area contributed by atoms with E-state index in [1.54, 1.807) is 18.3 Å². The van der Waals surface area contributed by atoms with Gasteiger partial charge in [-0.25, -0.2) is 9.78 Å². The predicted molar refractivity (Wildman–Crippen MR) is 82.1 cm³/mol. The molecule has 0 bridgehead atoms. The molecule has 23 heavy (non-hydrogen) atoms. The van der Waals surface area contributed by atoms with E-state index in [4.69, 9.17) is 14.0 Å². The van der Waals surface area contributed by atoms with Gasteiger partial charge < -0.3 is 14.0 Å². The van der Waals surface area contributed by atoms with Gasteiger partial charge in [0, 0.05) is 6.20 Å². The highest BCUT2D eigenvalue weighted by Crippen LogP contribution is 2.22. The summed E-state index contributed by atoms with van der Waals surface area (Å²) in [6.45, 7) is 2.11. The zero-order valence-corrected chi connectivity index (χ0v) is 13.1. The molecule has 3 heterocycles. The summed E-state index contributed by atoms with van der Waals surface area (Å²) in [6.07, 6.45) is 1.55. The van der Waals surface area contributed by atoms with Crippen molar-refractivity contribution < 1.29 is 18.8 Å². The van der Waals surface area contributed by atoms with Gasteiger partial charge >= 0.3 is 5.97 Å². The summed E-state index contributed by atoms with van der Waals surface area (Å²) in [5, 5.41) is 5.77. The first-order valence-electron chi connectivity index (χ1n) is 6.89. The third-order valence-corrected chi connectivity index (χ3v) is 3.67. The van der Waals surface area contributed by atoms with E-state index in [0.717, 1.165) is 4.88 Å². The second-order valence-corrected chi connectivity index (χ2v) is 5.30. The molecule has 0 fully saturated rings. The molecule has 0 saturated heterocycles. The lowest BCUT2D eigenvalue weighted by Gasteiger charge is -2.07. The van der Waals surface area contributed by atoms with E-state index in [1.807, 2.05) is 24.4 Å². The number of hydrogen-bond donors (Lipinski definition) is 0. The van der Waals surface area contributed by atoms with Crippen LogP contribution in [-0.2, 0) is 11.3 Å². The number of nitrogens with zero attached hydrogens (tertiary/aromatic N) is 3. The normalized spacial score (nSPS) is 10.5. The number of hydrogen-bond acceptors (Lipinski definition) is 8. The van der Waals surface area contributed by atoms with Crippen LogP contribution in [0, 0.1) is 0 Å². The minimum atomic E-state index is -0.558. The molecule has 0 aliphatic heterocycles. The molecule has 0 amide bonds. The monoisotopic (exact) mass is 331 g/mol. The molecule has 0 atom stereocenters. The van der Waals surface area contributed by atoms with Crippen LogP contribution in [0.5, 0.6) is 5.88 Å². The fourth-order valence-electron chi connectivity index (χ4n) is 1.82. The number of esters is 1. The Morgan fingerprint density at radius 1 is 1.35 bits per heavy atom. The molecule has 0 aliphatic rings. The van der Waals surface area contributed by atoms with E-state index in [2.05, 4.69) is 15.1 Å². The van der Waals surface area contributed by atoms with Crippen LogP contribution in [-0.4, -0.2) is 27.7 Å². The highest BCUT2D eigenvalue weighted by atomic mass is 32.1. The Labute approximate surface area is 135 Å². The summed E-state index contributed by atoms with van der Waals surface area (Å²) in [7, 11) is 0. The zero-order valence-electron chi connectivity index (χ0n) is 12.3. The van der Waals surface area contributed by atoms with Gasteiger partial charge in [0.15, 0.2) is 6.61 Å². The van der Waals surface area contributed by atoms with Gasteiger partial charge in [-0.1, -0.05) is 11.2 Å². The van der Waals surface area contributed by atoms with Gasteiger partial charge in [-0.05, 0) is 30.5 Å². The van der Waals surface area contributed by atoms with Crippen LogP contribution >= 0.6 is 11.3 Å². The van der Waals surface area contributed by atoms with Crippen molar-refractivity contribution in [2.75, 3.05) is 6.61 Å². The van der Waals surface area contributed by atoms with Crippen LogP contribution in [0.1, 0.15) is 23.2 Å². The molecule has 0 saturated carbocycles. The van der Waals surface area contributed by atoms with Crippen molar-refractivity contribution in [2.24, 2.45) is 0 Å². The molecule has 0 N–H and O–H groups in total. The lowest BCUT2D eigenvalue weighted by Crippen LogP contribution is -2.09. The fraction of sp³-hybridized carbons (Fsp3) is 0.200. The topological polar surface area (TPSA) is 87.3 Å². The highest BCUT2D eigenvalue weighted by Gasteiger charge is 2.17. The van der Waals surface area contributed by atoms with E-state index < -0.39 is 5.97 Å². The second kappa shape index (κ2) is 7.01. The van der Waals surface area contributed by atoms with Crippen LogP contribution in [0.3, 0.4) is 0 Å². The Morgan fingerprint density at radius 2 is 2.26 bits per heavy atom. The van der Waals surface area contributed by atoms with Crippen LogP contribution in [0.15, 0.2) is 40.4 Å². The van der Waals surface area contributed by atoms with Crippen molar-refractivity contribution in [1.82, 2.24) is 15.1 Å². The van der Waals surface area contributed by atoms with Gasteiger partial charge in [-0.15, -0.1) is 11.3 Å². The molecule has 3 rings (SSSR count). The SMILES string of the molecule is CCOc1ncccc1C(=O)OCc1nc(-c2cccs2)no1. The highest BCUT2D eigenvalue weighted by molar-refractivity contribution is 7.13. The van der Waals surface area contributed by atoms with Crippen LogP contribution in [0.2, 0.25) is 0 Å². The Kier molecular flexibility index (Phi) is 4.62. The molecule has 0 spiro atoms. The predicted octanol–water partition coefficient (Wildman–Crippen LogP) is 2.95. The number of carbonyl (C=O) groups is 1. The molecule has 0 unspecified atom stereocenters. The molecular weight excluding hydrogens is 318 g/mol. The summed E-state index contributed by atoms with van der Waals surface area (Å²) in [5.41, 5.74) is 0.257. The minimum absolute atomic E-state index is 0.113. The molecule has 7 nitrogen and oxygen atoms in total. The molecule has 8 heteroatoms. The van der Waals surface area contributed by atoms with E-state index in [9.17, 15) is 4.79 Å². The average Bonchev–Trinajstić information content (AvgIpc) is 3.24. The van der Waals surface area contributed by atoms with Crippen molar-refractivity contribution in [1.29, 1.82) is 0 Å². The van der Waals surface area contributed by atoms with Gasteiger partial charge in [0.05, 0.1) is 11.5 Å². The Morgan fingerprint density at radius 3 is 3.04 bits per heavy atom. The fourth-order valence-corrected chi connectivity index (χ4v) is 2.47. The maximum absolute atomic E-state index is 12.1. The third kappa shape index (κ3) is 3.54. The largest absolute Gasteiger partial charge is 0.477 e. The molecule has 3 aromatic heterocycles. The second-order valence-electron chi connectivity index (χ2n) is 4.35. The maximum atomic E-state index is 12.1. The number of rotatable bonds is 6. The maximum Gasteiger partial charge on any atom is 0.344 e. The van der Waals surface area contributed by atoms with Gasteiger partial charge in [0.2, 0.25) is 11.7 Å². The first-order valence-corrected chi connectivity index (χ1v) is 7.77. The van der Waals surface area contributed by atoms with Crippen molar-refractivity contribution in [2.45, 2.75) is 13.5 Å². The van der Waals surface area contributed by atoms with E-state index in [1.165, 1.54) is 11.3 Å². The van der Waals surface area contributed by atoms with Crippen LogP contribution < -0.4 is 4.74 Å². The Bertz CT molecular complexity index is 786. The van der Waals surface area contributed by atoms with Crippen molar-refractivity contribution in [3.63, 3.8) is 0 Å². The standard InChI is InChI=1S/C15H13N3O4S/c1-2-20-14-10(5-3-7-16-14)15(19)21-9-12-17-13(18-22-12)11-6-4-8-23-11/h3-8H,2,9H2,1H3. The lowest BCUT2D eigenvalue weighted by molar-refractivity contribution is 0.0424. The Hall–Kier alpha value is -2.74. The first kappa shape index (κ1) is 15.2. The van der Waals surface area contributed by atoms with E-state index in [0.29, 0.717) is 12.4 Å². The van der Waals surface area contributed by atoms with Crippen molar-refractivity contribution >= 4 is 17.3 Å². The summed E-state index contributed by atoms with van der Waals surface area (Å²) < 4.78 is 15.6. The smallest absolute Gasteiger partial charge is 0.344 e. The third-order valence-electron chi connectivity index (χ3n) is 2.81. The van der Waals surface area contributed by atoms with Gasteiger partial charge in [0.1, 0.15) is 5.56 Å².